The van der Waals surface area contributed by atoms with Crippen LogP contribution in [0.3, 0.4) is 0 Å². The van der Waals surface area contributed by atoms with Crippen molar-refractivity contribution in [3.8, 4) is 5.69 Å². The van der Waals surface area contributed by atoms with Crippen LogP contribution in [-0.2, 0) is 17.3 Å². The summed E-state index contributed by atoms with van der Waals surface area (Å²) in [7, 11) is 0. The number of rotatable bonds is 7. The van der Waals surface area contributed by atoms with Crippen molar-refractivity contribution in [2.45, 2.75) is 106 Å². The van der Waals surface area contributed by atoms with Gasteiger partial charge in [-0.15, -0.1) is 0 Å². The Hall–Kier alpha value is -2.80. The second-order valence-corrected chi connectivity index (χ2v) is 12.1. The number of aryl methyl sites for hydroxylation is 1. The van der Waals surface area contributed by atoms with Gasteiger partial charge in [0.2, 0.25) is 0 Å². The van der Waals surface area contributed by atoms with E-state index in [-0.39, 0.29) is 10.8 Å². The highest BCUT2D eigenvalue weighted by atomic mass is 15.0. The van der Waals surface area contributed by atoms with Crippen LogP contribution in [-0.4, -0.2) is 4.57 Å². The van der Waals surface area contributed by atoms with Gasteiger partial charge in [0.1, 0.15) is 0 Å². The summed E-state index contributed by atoms with van der Waals surface area (Å²) >= 11 is 0. The molecule has 0 unspecified atom stereocenters. The Morgan fingerprint density at radius 1 is 0.784 bits per heavy atom. The molecule has 0 saturated heterocycles. The average Bonchev–Trinajstić information content (AvgIpc) is 3.20. The fourth-order valence-corrected chi connectivity index (χ4v) is 4.94. The molecule has 4 aromatic rings. The molecule has 0 atom stereocenters. The Morgan fingerprint density at radius 3 is 1.95 bits per heavy atom. The molecule has 1 aromatic heterocycles. The molecule has 0 amide bonds. The second kappa shape index (κ2) is 11.7. The minimum Gasteiger partial charge on any atom is -0.309 e. The topological polar surface area (TPSA) is 4.93 Å². The maximum atomic E-state index is 2.51. The van der Waals surface area contributed by atoms with Crippen molar-refractivity contribution in [2.75, 3.05) is 0 Å². The van der Waals surface area contributed by atoms with Crippen molar-refractivity contribution in [2.24, 2.45) is 0 Å². The summed E-state index contributed by atoms with van der Waals surface area (Å²) in [4.78, 5) is 0. The zero-order valence-corrected chi connectivity index (χ0v) is 25.1. The maximum Gasteiger partial charge on any atom is 0.0544 e. The molecule has 1 nitrogen and oxygen atoms in total. The summed E-state index contributed by atoms with van der Waals surface area (Å²) < 4.78 is 2.51. The standard InChI is InChI=1S/C34H43N.C2H6/c1-9-34(7,8)27-18-20-30-29-19-17-26(33(4,5)6)22-31(29)35(32(30)23-27)28-16-12-15-25(21-28)14-11-10-13-24(2)3;1-2/h12-13,15-23H,9-11,14H2,1-8H3;1-2H3. The third-order valence-electron chi connectivity index (χ3n) is 7.69. The molecule has 1 heteroatoms. The number of hydrogen-bond donors (Lipinski definition) is 0. The number of benzene rings is 3. The number of nitrogens with zero attached hydrogens (tertiary/aromatic N) is 1. The molecule has 0 aliphatic heterocycles. The van der Waals surface area contributed by atoms with E-state index < -0.39 is 0 Å². The Labute approximate surface area is 226 Å². The van der Waals surface area contributed by atoms with Crippen LogP contribution in [0.5, 0.6) is 0 Å². The summed E-state index contributed by atoms with van der Waals surface area (Å²) in [6, 6.07) is 23.4. The Kier molecular flexibility index (Phi) is 9.11. The summed E-state index contributed by atoms with van der Waals surface area (Å²) in [6.45, 7) is 22.3. The van der Waals surface area contributed by atoms with Gasteiger partial charge in [-0.1, -0.05) is 103 Å². The monoisotopic (exact) mass is 495 g/mol. The van der Waals surface area contributed by atoms with Gasteiger partial charge in [0.25, 0.3) is 0 Å². The van der Waals surface area contributed by atoms with Gasteiger partial charge in [0.15, 0.2) is 0 Å². The largest absolute Gasteiger partial charge is 0.309 e. The van der Waals surface area contributed by atoms with Crippen LogP contribution in [0.4, 0.5) is 0 Å². The van der Waals surface area contributed by atoms with Crippen LogP contribution >= 0.6 is 0 Å². The predicted molar refractivity (Wildman–Crippen MR) is 167 cm³/mol. The van der Waals surface area contributed by atoms with Crippen molar-refractivity contribution in [1.29, 1.82) is 0 Å². The lowest BCUT2D eigenvalue weighted by Crippen LogP contribution is -2.15. The van der Waals surface area contributed by atoms with E-state index in [1.807, 2.05) is 13.8 Å². The number of hydrogen-bond acceptors (Lipinski definition) is 0. The zero-order chi connectivity index (χ0) is 27.4. The van der Waals surface area contributed by atoms with Gasteiger partial charge in [0.05, 0.1) is 11.0 Å². The fraction of sp³-hybridized carbons (Fsp3) is 0.444. The average molecular weight is 496 g/mol. The molecule has 0 N–H and O–H groups in total. The quantitative estimate of drug-likeness (QED) is 0.177. The van der Waals surface area contributed by atoms with Crippen LogP contribution < -0.4 is 0 Å². The molecule has 0 aliphatic rings. The van der Waals surface area contributed by atoms with E-state index in [1.54, 1.807) is 0 Å². The number of unbranched alkanes of at least 4 members (excludes halogenated alkanes) is 1. The van der Waals surface area contributed by atoms with E-state index in [4.69, 9.17) is 0 Å². The molecule has 0 radical (unpaired) electrons. The molecular weight excluding hydrogens is 446 g/mol. The predicted octanol–water partition coefficient (Wildman–Crippen LogP) is 11.1. The summed E-state index contributed by atoms with van der Waals surface area (Å²) in [5.74, 6) is 0. The van der Waals surface area contributed by atoms with Gasteiger partial charge in [-0.3, -0.25) is 0 Å². The van der Waals surface area contributed by atoms with E-state index in [2.05, 4.69) is 127 Å². The molecular formula is C36H49N. The molecule has 0 saturated carbocycles. The molecule has 4 rings (SSSR count). The highest BCUT2D eigenvalue weighted by Crippen LogP contribution is 2.38. The van der Waals surface area contributed by atoms with Crippen LogP contribution in [0.15, 0.2) is 72.3 Å². The smallest absolute Gasteiger partial charge is 0.0544 e. The van der Waals surface area contributed by atoms with Gasteiger partial charge in [-0.2, -0.15) is 0 Å². The SMILES string of the molecule is CC.CCC(C)(C)c1ccc2c3ccc(C(C)(C)C)cc3n(-c3cccc(CCCC=C(C)C)c3)c2c1. The highest BCUT2D eigenvalue weighted by molar-refractivity contribution is 6.09. The van der Waals surface area contributed by atoms with Crippen molar-refractivity contribution in [3.05, 3.63) is 89.0 Å². The normalized spacial score (nSPS) is 11.9. The first-order valence-corrected chi connectivity index (χ1v) is 14.3. The van der Waals surface area contributed by atoms with Gasteiger partial charge < -0.3 is 4.57 Å². The molecule has 0 aliphatic carbocycles. The second-order valence-electron chi connectivity index (χ2n) is 12.1. The first-order valence-electron chi connectivity index (χ1n) is 14.3. The van der Waals surface area contributed by atoms with E-state index in [0.717, 1.165) is 19.3 Å². The molecule has 37 heavy (non-hydrogen) atoms. The van der Waals surface area contributed by atoms with Gasteiger partial charge >= 0.3 is 0 Å². The minimum absolute atomic E-state index is 0.109. The summed E-state index contributed by atoms with van der Waals surface area (Å²) in [5, 5.41) is 2.67. The first kappa shape index (κ1) is 28.8. The van der Waals surface area contributed by atoms with Crippen molar-refractivity contribution >= 4 is 21.8 Å². The molecule has 0 spiro atoms. The van der Waals surface area contributed by atoms with Crippen LogP contribution in [0.1, 0.15) is 105 Å². The van der Waals surface area contributed by atoms with E-state index >= 15 is 0 Å². The molecule has 0 fully saturated rings. The summed E-state index contributed by atoms with van der Waals surface area (Å²) in [6.07, 6.45) is 6.91. The first-order chi connectivity index (χ1) is 17.5. The van der Waals surface area contributed by atoms with E-state index in [9.17, 15) is 0 Å². The lowest BCUT2D eigenvalue weighted by molar-refractivity contribution is 0.507. The van der Waals surface area contributed by atoms with Crippen LogP contribution in [0.2, 0.25) is 0 Å². The fourth-order valence-electron chi connectivity index (χ4n) is 4.94. The van der Waals surface area contributed by atoms with Gasteiger partial charge in [-0.25, -0.2) is 0 Å². The van der Waals surface area contributed by atoms with Crippen LogP contribution in [0.25, 0.3) is 27.5 Å². The number of aromatic nitrogens is 1. The Balaban J connectivity index is 0.00000186. The van der Waals surface area contributed by atoms with Gasteiger partial charge in [-0.05, 0) is 91.3 Å². The summed E-state index contributed by atoms with van der Waals surface area (Å²) in [5.41, 5.74) is 9.75. The van der Waals surface area contributed by atoms with Crippen LogP contribution in [0, 0.1) is 0 Å². The van der Waals surface area contributed by atoms with Gasteiger partial charge in [0, 0.05) is 16.5 Å². The molecule has 0 bridgehead atoms. The molecule has 198 valence electrons. The van der Waals surface area contributed by atoms with E-state index in [1.165, 1.54) is 56.2 Å². The van der Waals surface area contributed by atoms with Crippen molar-refractivity contribution < 1.29 is 0 Å². The lowest BCUT2D eigenvalue weighted by atomic mass is 9.82. The third kappa shape index (κ3) is 6.38. The highest BCUT2D eigenvalue weighted by Gasteiger charge is 2.22. The molecule has 3 aromatic carbocycles. The number of fused-ring (bicyclic) bond motifs is 3. The van der Waals surface area contributed by atoms with E-state index in [0.29, 0.717) is 0 Å². The maximum absolute atomic E-state index is 2.51. The minimum atomic E-state index is 0.109. The van der Waals surface area contributed by atoms with Crippen molar-refractivity contribution in [1.82, 2.24) is 4.57 Å². The Morgan fingerprint density at radius 2 is 1.38 bits per heavy atom. The molecule has 1 heterocycles. The third-order valence-corrected chi connectivity index (χ3v) is 7.69. The number of allylic oxidation sites excluding steroid dienone is 2. The lowest BCUT2D eigenvalue weighted by Gasteiger charge is -2.23. The Bertz CT molecular complexity index is 1370. The van der Waals surface area contributed by atoms with Crippen molar-refractivity contribution in [3.63, 3.8) is 0 Å². The zero-order valence-electron chi connectivity index (χ0n) is 25.1.